The van der Waals surface area contributed by atoms with E-state index in [4.69, 9.17) is 16.3 Å². The monoisotopic (exact) mass is 449 g/mol. The van der Waals surface area contributed by atoms with Crippen molar-refractivity contribution in [3.63, 3.8) is 0 Å². The van der Waals surface area contributed by atoms with Gasteiger partial charge in [0.2, 0.25) is 5.91 Å². The number of ketones is 2. The lowest BCUT2D eigenvalue weighted by molar-refractivity contribution is -0.141. The van der Waals surface area contributed by atoms with Crippen LogP contribution in [0.4, 0.5) is 0 Å². The Hall–Kier alpha value is -2.51. The van der Waals surface area contributed by atoms with E-state index in [0.29, 0.717) is 15.5 Å². The number of Topliss-reactive ketones (excluding diaryl/α,β-unsaturated/α-hetero) is 2. The van der Waals surface area contributed by atoms with Gasteiger partial charge < -0.3 is 10.1 Å². The maximum absolute atomic E-state index is 12.3. The first-order valence-electron chi connectivity index (χ1n) is 9.51. The summed E-state index contributed by atoms with van der Waals surface area (Å²) in [7, 11) is 1.28. The molecule has 0 aliphatic carbocycles. The van der Waals surface area contributed by atoms with E-state index in [0.717, 1.165) is 4.88 Å². The Morgan fingerprint density at radius 3 is 2.27 bits per heavy atom. The molecule has 0 aliphatic rings. The van der Waals surface area contributed by atoms with Gasteiger partial charge in [-0.25, -0.2) is 0 Å². The number of rotatable bonds is 11. The summed E-state index contributed by atoms with van der Waals surface area (Å²) >= 11 is 7.30. The molecule has 0 fully saturated rings. The van der Waals surface area contributed by atoms with Crippen LogP contribution in [0.5, 0.6) is 0 Å². The number of hydrogen-bond acceptors (Lipinski definition) is 6. The lowest BCUT2D eigenvalue weighted by atomic mass is 10.0. The zero-order chi connectivity index (χ0) is 22.1. The minimum atomic E-state index is -0.582. The van der Waals surface area contributed by atoms with Crippen molar-refractivity contribution >= 4 is 46.4 Å². The van der Waals surface area contributed by atoms with Crippen LogP contribution >= 0.6 is 22.9 Å². The Kier molecular flexibility index (Phi) is 9.20. The highest BCUT2D eigenvalue weighted by Gasteiger charge is 2.20. The van der Waals surface area contributed by atoms with Gasteiger partial charge in [0.25, 0.3) is 0 Å². The average molecular weight is 450 g/mol. The predicted molar refractivity (Wildman–Crippen MR) is 116 cm³/mol. The van der Waals surface area contributed by atoms with Gasteiger partial charge in [0.05, 0.1) is 24.4 Å². The molecule has 6 nitrogen and oxygen atoms in total. The lowest BCUT2D eigenvalue weighted by Gasteiger charge is -2.18. The van der Waals surface area contributed by atoms with Crippen LogP contribution < -0.4 is 5.32 Å². The van der Waals surface area contributed by atoms with Crippen LogP contribution in [-0.2, 0) is 19.1 Å². The number of aryl methyl sites for hydroxylation is 1. The van der Waals surface area contributed by atoms with Crippen LogP contribution in [0.3, 0.4) is 0 Å². The second-order valence-electron chi connectivity index (χ2n) is 6.82. The Balaban J connectivity index is 1.83. The van der Waals surface area contributed by atoms with Crippen molar-refractivity contribution in [2.75, 3.05) is 7.11 Å². The molecule has 30 heavy (non-hydrogen) atoms. The first-order valence-corrected chi connectivity index (χ1v) is 10.7. The molecule has 0 bridgehead atoms. The summed E-state index contributed by atoms with van der Waals surface area (Å²) in [6.45, 7) is 1.92. The van der Waals surface area contributed by atoms with Crippen LogP contribution in [0.1, 0.15) is 58.3 Å². The number of carbonyl (C=O) groups is 4. The van der Waals surface area contributed by atoms with Crippen molar-refractivity contribution in [2.24, 2.45) is 0 Å². The summed E-state index contributed by atoms with van der Waals surface area (Å²) in [5.74, 6) is -1.03. The van der Waals surface area contributed by atoms with Crippen molar-refractivity contribution in [1.29, 1.82) is 0 Å². The third-order valence-electron chi connectivity index (χ3n) is 4.48. The molecule has 1 heterocycles. The summed E-state index contributed by atoms with van der Waals surface area (Å²) in [5, 5.41) is 3.31. The Bertz CT molecular complexity index is 907. The number of carbonyl (C=O) groups excluding carboxylic acids is 4. The van der Waals surface area contributed by atoms with E-state index in [1.807, 2.05) is 13.0 Å². The third kappa shape index (κ3) is 7.72. The highest BCUT2D eigenvalue weighted by molar-refractivity contribution is 7.14. The number of methoxy groups -OCH3 is 1. The van der Waals surface area contributed by atoms with Crippen molar-refractivity contribution in [3.05, 3.63) is 56.7 Å². The summed E-state index contributed by atoms with van der Waals surface area (Å²) < 4.78 is 4.70. The quantitative estimate of drug-likeness (QED) is 0.404. The van der Waals surface area contributed by atoms with Gasteiger partial charge in [0, 0.05) is 35.6 Å². The minimum absolute atomic E-state index is 0.0175. The SMILES string of the molecule is COC(=O)CC(NC(=O)CCC(=O)CCC(=O)c1ccc(C)s1)c1ccc(Cl)cc1. The molecular weight excluding hydrogens is 426 g/mol. The summed E-state index contributed by atoms with van der Waals surface area (Å²) in [5.41, 5.74) is 0.710. The van der Waals surface area contributed by atoms with Crippen molar-refractivity contribution in [1.82, 2.24) is 5.32 Å². The van der Waals surface area contributed by atoms with Gasteiger partial charge in [-0.15, -0.1) is 11.3 Å². The summed E-state index contributed by atoms with van der Waals surface area (Å²) in [6, 6.07) is 9.83. The zero-order valence-electron chi connectivity index (χ0n) is 16.9. The number of esters is 1. The molecule has 1 unspecified atom stereocenters. The smallest absolute Gasteiger partial charge is 0.307 e. The summed E-state index contributed by atoms with van der Waals surface area (Å²) in [4.78, 5) is 49.9. The van der Waals surface area contributed by atoms with Crippen LogP contribution in [0, 0.1) is 6.92 Å². The molecule has 160 valence electrons. The van der Waals surface area contributed by atoms with Gasteiger partial charge in [-0.3, -0.25) is 19.2 Å². The van der Waals surface area contributed by atoms with E-state index in [-0.39, 0.29) is 49.6 Å². The van der Waals surface area contributed by atoms with Gasteiger partial charge in [-0.2, -0.15) is 0 Å². The van der Waals surface area contributed by atoms with E-state index in [2.05, 4.69) is 5.32 Å². The van der Waals surface area contributed by atoms with Crippen LogP contribution in [-0.4, -0.2) is 30.6 Å². The minimum Gasteiger partial charge on any atom is -0.469 e. The van der Waals surface area contributed by atoms with Gasteiger partial charge in [-0.05, 0) is 36.8 Å². The van der Waals surface area contributed by atoms with Crippen LogP contribution in [0.2, 0.25) is 5.02 Å². The second kappa shape index (κ2) is 11.6. The fourth-order valence-corrected chi connectivity index (χ4v) is 3.76. The molecule has 1 aromatic carbocycles. The fraction of sp³-hybridized carbons (Fsp3) is 0.364. The largest absolute Gasteiger partial charge is 0.469 e. The maximum Gasteiger partial charge on any atom is 0.307 e. The fourth-order valence-electron chi connectivity index (χ4n) is 2.80. The van der Waals surface area contributed by atoms with E-state index < -0.39 is 12.0 Å². The predicted octanol–water partition coefficient (Wildman–Crippen LogP) is 4.44. The molecule has 0 saturated carbocycles. The van der Waals surface area contributed by atoms with Crippen molar-refractivity contribution < 1.29 is 23.9 Å². The molecule has 1 N–H and O–H groups in total. The van der Waals surface area contributed by atoms with E-state index in [1.165, 1.54) is 18.4 Å². The average Bonchev–Trinajstić information content (AvgIpc) is 3.16. The zero-order valence-corrected chi connectivity index (χ0v) is 18.5. The Labute approximate surface area is 184 Å². The molecular formula is C22H24ClNO5S. The van der Waals surface area contributed by atoms with Gasteiger partial charge >= 0.3 is 5.97 Å². The molecule has 1 aromatic heterocycles. The number of nitrogens with one attached hydrogen (secondary N) is 1. The van der Waals surface area contributed by atoms with E-state index in [9.17, 15) is 19.2 Å². The van der Waals surface area contributed by atoms with E-state index in [1.54, 1.807) is 30.3 Å². The third-order valence-corrected chi connectivity index (χ3v) is 5.78. The number of hydrogen-bond donors (Lipinski definition) is 1. The Morgan fingerprint density at radius 2 is 1.67 bits per heavy atom. The highest BCUT2D eigenvalue weighted by atomic mass is 35.5. The number of thiophene rings is 1. The number of ether oxygens (including phenoxy) is 1. The Morgan fingerprint density at radius 1 is 1.00 bits per heavy atom. The van der Waals surface area contributed by atoms with Gasteiger partial charge in [0.1, 0.15) is 5.78 Å². The normalized spacial score (nSPS) is 11.6. The maximum atomic E-state index is 12.3. The topological polar surface area (TPSA) is 89.5 Å². The first-order chi connectivity index (χ1) is 14.3. The molecule has 0 saturated heterocycles. The number of benzene rings is 1. The summed E-state index contributed by atoms with van der Waals surface area (Å²) in [6.07, 6.45) is 0.221. The molecule has 0 radical (unpaired) electrons. The lowest BCUT2D eigenvalue weighted by Crippen LogP contribution is -2.30. The standard InChI is InChI=1S/C22H24ClNO5S/c1-14-3-11-20(30-14)19(26)10-8-17(25)9-12-21(27)24-18(13-22(28)29-2)15-4-6-16(23)7-5-15/h3-7,11,18H,8-10,12-13H2,1-2H3,(H,24,27). The molecule has 8 heteroatoms. The van der Waals surface area contributed by atoms with Crippen molar-refractivity contribution in [3.8, 4) is 0 Å². The van der Waals surface area contributed by atoms with Crippen LogP contribution in [0.15, 0.2) is 36.4 Å². The van der Waals surface area contributed by atoms with Gasteiger partial charge in [0.15, 0.2) is 5.78 Å². The van der Waals surface area contributed by atoms with E-state index >= 15 is 0 Å². The molecule has 1 amide bonds. The number of amides is 1. The molecule has 1 atom stereocenters. The first kappa shape index (κ1) is 23.8. The molecule has 0 aliphatic heterocycles. The molecule has 2 aromatic rings. The highest BCUT2D eigenvalue weighted by Crippen LogP contribution is 2.21. The molecule has 2 rings (SSSR count). The van der Waals surface area contributed by atoms with Crippen LogP contribution in [0.25, 0.3) is 0 Å². The second-order valence-corrected chi connectivity index (χ2v) is 8.55. The molecule has 0 spiro atoms. The number of halogens is 1. The van der Waals surface area contributed by atoms with Gasteiger partial charge in [-0.1, -0.05) is 23.7 Å². The van der Waals surface area contributed by atoms with Crippen molar-refractivity contribution in [2.45, 2.75) is 45.1 Å².